The summed E-state index contributed by atoms with van der Waals surface area (Å²) in [4.78, 5) is 18.9. The summed E-state index contributed by atoms with van der Waals surface area (Å²) in [6.07, 6.45) is 2.33. The quantitative estimate of drug-likeness (QED) is 0.548. The fourth-order valence-corrected chi connectivity index (χ4v) is 2.08. The summed E-state index contributed by atoms with van der Waals surface area (Å²) >= 11 is 0. The number of aliphatic imine (C=N–C) groups is 1. The number of para-hydroxylation sites is 2. The van der Waals surface area contributed by atoms with E-state index in [1.54, 1.807) is 4.57 Å². The number of hydrogen-bond acceptors (Lipinski definition) is 2. The van der Waals surface area contributed by atoms with E-state index in [4.69, 9.17) is 5.73 Å². The number of fused-ring (bicyclic) bond motifs is 1. The van der Waals surface area contributed by atoms with E-state index in [9.17, 15) is 4.79 Å². The number of aromatic nitrogens is 2. The molecule has 0 atom stereocenters. The van der Waals surface area contributed by atoms with E-state index in [-0.39, 0.29) is 5.69 Å². The maximum Gasteiger partial charge on any atom is 0.326 e. The molecule has 1 fully saturated rings. The third-order valence-electron chi connectivity index (χ3n) is 3.22. The average Bonchev–Trinajstić information content (AvgIpc) is 3.14. The standard InChI is InChI=1S/C13H17N5O/c14-12(16-9-5-6-9)15-7-8-18-11-4-2-1-3-10(11)17-13(18)19/h1-4,9H,5-8H2,(H,17,19)(H3,14,15,16). The van der Waals surface area contributed by atoms with Gasteiger partial charge < -0.3 is 16.0 Å². The minimum atomic E-state index is -0.106. The highest BCUT2D eigenvalue weighted by molar-refractivity contribution is 5.78. The van der Waals surface area contributed by atoms with E-state index >= 15 is 0 Å². The van der Waals surface area contributed by atoms with Crippen LogP contribution < -0.4 is 16.7 Å². The SMILES string of the molecule is NC(=NCCn1c(=O)[nH]c2ccccc21)NC1CC1. The van der Waals surface area contributed by atoms with E-state index in [1.807, 2.05) is 24.3 Å². The molecule has 6 nitrogen and oxygen atoms in total. The summed E-state index contributed by atoms with van der Waals surface area (Å²) in [6, 6.07) is 8.12. The predicted molar refractivity (Wildman–Crippen MR) is 75.2 cm³/mol. The van der Waals surface area contributed by atoms with Crippen LogP contribution in [0.15, 0.2) is 34.1 Å². The molecule has 6 heteroatoms. The van der Waals surface area contributed by atoms with Crippen molar-refractivity contribution in [3.05, 3.63) is 34.7 Å². The number of nitrogens with one attached hydrogen (secondary N) is 2. The van der Waals surface area contributed by atoms with Crippen molar-refractivity contribution < 1.29 is 0 Å². The van der Waals surface area contributed by atoms with Crippen molar-refractivity contribution >= 4 is 17.0 Å². The Hall–Kier alpha value is -2.24. The van der Waals surface area contributed by atoms with Crippen molar-refractivity contribution in [2.75, 3.05) is 6.54 Å². The summed E-state index contributed by atoms with van der Waals surface area (Å²) in [6.45, 7) is 1.02. The van der Waals surface area contributed by atoms with Gasteiger partial charge in [0.05, 0.1) is 17.6 Å². The van der Waals surface area contributed by atoms with E-state index < -0.39 is 0 Å². The second-order valence-electron chi connectivity index (χ2n) is 4.78. The van der Waals surface area contributed by atoms with E-state index in [2.05, 4.69) is 15.3 Å². The lowest BCUT2D eigenvalue weighted by atomic mass is 10.3. The number of nitrogens with zero attached hydrogens (tertiary/aromatic N) is 2. The third kappa shape index (κ3) is 2.62. The van der Waals surface area contributed by atoms with Crippen molar-refractivity contribution in [2.24, 2.45) is 10.7 Å². The number of guanidine groups is 1. The first-order valence-electron chi connectivity index (χ1n) is 6.48. The summed E-state index contributed by atoms with van der Waals surface area (Å²) in [5, 5.41) is 3.12. The van der Waals surface area contributed by atoms with Crippen molar-refractivity contribution in [1.29, 1.82) is 0 Å². The number of hydrogen-bond donors (Lipinski definition) is 3. The fraction of sp³-hybridized carbons (Fsp3) is 0.385. The Morgan fingerprint density at radius 1 is 1.47 bits per heavy atom. The maximum atomic E-state index is 11.8. The number of benzene rings is 1. The molecule has 1 heterocycles. The normalized spacial score (nSPS) is 15.9. The van der Waals surface area contributed by atoms with Crippen molar-refractivity contribution in [3.63, 3.8) is 0 Å². The topological polar surface area (TPSA) is 88.2 Å². The first-order chi connectivity index (χ1) is 9.24. The van der Waals surface area contributed by atoms with Crippen LogP contribution in [0.5, 0.6) is 0 Å². The zero-order valence-electron chi connectivity index (χ0n) is 10.6. The van der Waals surface area contributed by atoms with Gasteiger partial charge in [-0.3, -0.25) is 9.56 Å². The first kappa shape index (κ1) is 11.8. The van der Waals surface area contributed by atoms with Gasteiger partial charge in [0.25, 0.3) is 0 Å². The molecule has 1 aliphatic rings. The van der Waals surface area contributed by atoms with Crippen LogP contribution in [0.4, 0.5) is 0 Å². The summed E-state index contributed by atoms with van der Waals surface area (Å²) < 4.78 is 1.68. The monoisotopic (exact) mass is 259 g/mol. The minimum Gasteiger partial charge on any atom is -0.370 e. The number of H-pyrrole nitrogens is 1. The molecule has 0 unspecified atom stereocenters. The molecule has 0 bridgehead atoms. The minimum absolute atomic E-state index is 0.106. The molecule has 0 aliphatic heterocycles. The number of imidazole rings is 1. The Balaban J connectivity index is 1.71. The van der Waals surface area contributed by atoms with Gasteiger partial charge in [0.1, 0.15) is 0 Å². The molecule has 1 saturated carbocycles. The Kier molecular flexibility index (Phi) is 2.98. The van der Waals surface area contributed by atoms with Crippen LogP contribution in [-0.4, -0.2) is 28.1 Å². The van der Waals surface area contributed by atoms with Crippen LogP contribution >= 0.6 is 0 Å². The molecule has 100 valence electrons. The van der Waals surface area contributed by atoms with Gasteiger partial charge >= 0.3 is 5.69 Å². The molecule has 19 heavy (non-hydrogen) atoms. The van der Waals surface area contributed by atoms with Gasteiger partial charge in [0.2, 0.25) is 0 Å². The Morgan fingerprint density at radius 3 is 3.05 bits per heavy atom. The highest BCUT2D eigenvalue weighted by Gasteiger charge is 2.21. The summed E-state index contributed by atoms with van der Waals surface area (Å²) in [7, 11) is 0. The fourth-order valence-electron chi connectivity index (χ4n) is 2.08. The molecule has 1 aromatic heterocycles. The molecule has 1 aromatic carbocycles. The van der Waals surface area contributed by atoms with Crippen LogP contribution in [0, 0.1) is 0 Å². The zero-order chi connectivity index (χ0) is 13.2. The summed E-state index contributed by atoms with van der Waals surface area (Å²) in [5.41, 5.74) is 7.39. The molecule has 0 saturated heterocycles. The molecule has 4 N–H and O–H groups in total. The van der Waals surface area contributed by atoms with Crippen LogP contribution in [-0.2, 0) is 6.54 Å². The lowest BCUT2D eigenvalue weighted by Gasteiger charge is -2.04. The molecular formula is C13H17N5O. The molecule has 2 aromatic rings. The molecule has 3 rings (SSSR count). The van der Waals surface area contributed by atoms with Gasteiger partial charge in [-0.2, -0.15) is 0 Å². The zero-order valence-corrected chi connectivity index (χ0v) is 10.6. The number of aromatic amines is 1. The highest BCUT2D eigenvalue weighted by atomic mass is 16.1. The van der Waals surface area contributed by atoms with E-state index in [0.717, 1.165) is 23.9 Å². The van der Waals surface area contributed by atoms with E-state index in [0.29, 0.717) is 25.1 Å². The molecular weight excluding hydrogens is 242 g/mol. The highest BCUT2D eigenvalue weighted by Crippen LogP contribution is 2.17. The Labute approximate surface area is 110 Å². The predicted octanol–water partition coefficient (Wildman–Crippen LogP) is 0.396. The Bertz CT molecular complexity index is 665. The second-order valence-corrected chi connectivity index (χ2v) is 4.78. The van der Waals surface area contributed by atoms with Gasteiger partial charge in [-0.25, -0.2) is 4.79 Å². The summed E-state index contributed by atoms with van der Waals surface area (Å²) in [5.74, 6) is 0.468. The van der Waals surface area contributed by atoms with Crippen molar-refractivity contribution in [1.82, 2.24) is 14.9 Å². The van der Waals surface area contributed by atoms with Crippen LogP contribution in [0.1, 0.15) is 12.8 Å². The lowest BCUT2D eigenvalue weighted by molar-refractivity contribution is 0.699. The van der Waals surface area contributed by atoms with Gasteiger partial charge in [-0.15, -0.1) is 0 Å². The van der Waals surface area contributed by atoms with Gasteiger partial charge in [-0.1, -0.05) is 12.1 Å². The van der Waals surface area contributed by atoms with Crippen molar-refractivity contribution in [3.8, 4) is 0 Å². The second kappa shape index (κ2) is 4.79. The average molecular weight is 259 g/mol. The van der Waals surface area contributed by atoms with Crippen molar-refractivity contribution in [2.45, 2.75) is 25.4 Å². The van der Waals surface area contributed by atoms with Crippen LogP contribution in [0.2, 0.25) is 0 Å². The molecule has 0 amide bonds. The smallest absolute Gasteiger partial charge is 0.326 e. The van der Waals surface area contributed by atoms with E-state index in [1.165, 1.54) is 0 Å². The lowest BCUT2D eigenvalue weighted by Crippen LogP contribution is -2.33. The number of rotatable bonds is 4. The number of nitrogens with two attached hydrogens (primary N) is 1. The largest absolute Gasteiger partial charge is 0.370 e. The Morgan fingerprint density at radius 2 is 2.26 bits per heavy atom. The maximum absolute atomic E-state index is 11.8. The van der Waals surface area contributed by atoms with Crippen LogP contribution in [0.25, 0.3) is 11.0 Å². The molecule has 1 aliphatic carbocycles. The van der Waals surface area contributed by atoms with Gasteiger partial charge in [0.15, 0.2) is 5.96 Å². The van der Waals surface area contributed by atoms with Crippen LogP contribution in [0.3, 0.4) is 0 Å². The van der Waals surface area contributed by atoms with Gasteiger partial charge in [-0.05, 0) is 25.0 Å². The molecule has 0 spiro atoms. The molecule has 0 radical (unpaired) electrons. The first-order valence-corrected chi connectivity index (χ1v) is 6.48. The third-order valence-corrected chi connectivity index (χ3v) is 3.22. The van der Waals surface area contributed by atoms with Gasteiger partial charge in [0, 0.05) is 12.6 Å².